The van der Waals surface area contributed by atoms with E-state index in [0.717, 1.165) is 6.42 Å². The molecule has 1 aliphatic rings. The van der Waals surface area contributed by atoms with Gasteiger partial charge in [0.05, 0.1) is 17.5 Å². The van der Waals surface area contributed by atoms with E-state index in [2.05, 4.69) is 10.6 Å². The van der Waals surface area contributed by atoms with Crippen LogP contribution in [0.5, 0.6) is 5.75 Å². The van der Waals surface area contributed by atoms with Gasteiger partial charge in [0.15, 0.2) is 0 Å². The first-order valence-corrected chi connectivity index (χ1v) is 8.60. The van der Waals surface area contributed by atoms with Crippen molar-refractivity contribution >= 4 is 29.3 Å². The van der Waals surface area contributed by atoms with Crippen LogP contribution in [-0.4, -0.2) is 29.8 Å². The van der Waals surface area contributed by atoms with Crippen LogP contribution >= 0.6 is 11.6 Å². The number of rotatable bonds is 6. The highest BCUT2D eigenvalue weighted by Gasteiger charge is 2.26. The molecule has 0 aromatic heterocycles. The van der Waals surface area contributed by atoms with Crippen molar-refractivity contribution in [1.29, 1.82) is 0 Å². The fraction of sp³-hybridized carbons (Fsp3) is 0.529. The monoisotopic (exact) mass is 354 g/mol. The van der Waals surface area contributed by atoms with Gasteiger partial charge in [-0.05, 0) is 50.3 Å². The van der Waals surface area contributed by atoms with Gasteiger partial charge >= 0.3 is 12.0 Å². The Morgan fingerprint density at radius 2 is 2.00 bits per heavy atom. The molecular formula is C17H23ClN2O4. The number of ether oxygens (including phenoxy) is 1. The molecule has 2 rings (SSSR count). The quantitative estimate of drug-likeness (QED) is 0.723. The Balaban J connectivity index is 1.82. The van der Waals surface area contributed by atoms with Crippen molar-refractivity contribution < 1.29 is 19.4 Å². The van der Waals surface area contributed by atoms with Gasteiger partial charge in [0.1, 0.15) is 5.75 Å². The Morgan fingerprint density at radius 3 is 2.58 bits per heavy atom. The molecule has 0 aliphatic heterocycles. The molecule has 6 nitrogen and oxygen atoms in total. The number of hydrogen-bond donors (Lipinski definition) is 3. The predicted molar refractivity (Wildman–Crippen MR) is 92.8 cm³/mol. The fourth-order valence-electron chi connectivity index (χ4n) is 2.74. The number of anilines is 1. The summed E-state index contributed by atoms with van der Waals surface area (Å²) >= 11 is 6.13. The van der Waals surface area contributed by atoms with Gasteiger partial charge in [-0.3, -0.25) is 4.79 Å². The van der Waals surface area contributed by atoms with Crippen LogP contribution in [0.4, 0.5) is 10.5 Å². The molecule has 0 saturated heterocycles. The average Bonchev–Trinajstić information content (AvgIpc) is 2.54. The Hall–Kier alpha value is -1.95. The Labute approximate surface area is 146 Å². The summed E-state index contributed by atoms with van der Waals surface area (Å²) in [7, 11) is 0. The van der Waals surface area contributed by atoms with E-state index in [1.807, 2.05) is 6.92 Å². The normalized spacial score (nSPS) is 20.2. The molecule has 1 saturated carbocycles. The van der Waals surface area contributed by atoms with E-state index in [-0.39, 0.29) is 18.0 Å². The molecule has 2 amide bonds. The number of urea groups is 1. The predicted octanol–water partition coefficient (Wildman–Crippen LogP) is 3.89. The molecule has 24 heavy (non-hydrogen) atoms. The zero-order valence-corrected chi connectivity index (χ0v) is 14.4. The van der Waals surface area contributed by atoms with Crippen LogP contribution in [0.25, 0.3) is 0 Å². The standard InChI is InChI=1S/C17H23ClN2O4/c1-2-9-24-15-8-7-13(10-14(15)18)20-17(23)19-12-5-3-11(4-6-12)16(21)22/h7-8,10-12H,2-6,9H2,1H3,(H,21,22)(H2,19,20,23). The van der Waals surface area contributed by atoms with Gasteiger partial charge in [-0.2, -0.15) is 0 Å². The van der Waals surface area contributed by atoms with Crippen molar-refractivity contribution in [3.05, 3.63) is 23.2 Å². The number of aliphatic carboxylic acids is 1. The summed E-state index contributed by atoms with van der Waals surface area (Å²) in [4.78, 5) is 23.0. The maximum absolute atomic E-state index is 12.1. The average molecular weight is 355 g/mol. The highest BCUT2D eigenvalue weighted by molar-refractivity contribution is 6.32. The summed E-state index contributed by atoms with van der Waals surface area (Å²) in [6, 6.07) is 4.80. The number of carbonyl (C=O) groups is 2. The summed E-state index contributed by atoms with van der Waals surface area (Å²) in [6.07, 6.45) is 3.43. The Bertz CT molecular complexity index is 586. The Kier molecular flexibility index (Phi) is 6.73. The van der Waals surface area contributed by atoms with E-state index in [4.69, 9.17) is 21.4 Å². The lowest BCUT2D eigenvalue weighted by molar-refractivity contribution is -0.142. The van der Waals surface area contributed by atoms with Crippen LogP contribution in [0.3, 0.4) is 0 Å². The molecule has 1 fully saturated rings. The van der Waals surface area contributed by atoms with Crippen LogP contribution in [0, 0.1) is 5.92 Å². The molecule has 0 spiro atoms. The van der Waals surface area contributed by atoms with Crippen LogP contribution in [-0.2, 0) is 4.79 Å². The maximum atomic E-state index is 12.1. The van der Waals surface area contributed by atoms with Crippen LogP contribution in [0.15, 0.2) is 18.2 Å². The first-order chi connectivity index (χ1) is 11.5. The molecule has 132 valence electrons. The molecule has 7 heteroatoms. The number of halogens is 1. The van der Waals surface area contributed by atoms with Crippen molar-refractivity contribution in [2.24, 2.45) is 5.92 Å². The van der Waals surface area contributed by atoms with E-state index in [1.54, 1.807) is 18.2 Å². The third kappa shape index (κ3) is 5.30. The van der Waals surface area contributed by atoms with E-state index < -0.39 is 5.97 Å². The second kappa shape index (κ2) is 8.78. The number of benzene rings is 1. The van der Waals surface area contributed by atoms with Gasteiger partial charge in [-0.1, -0.05) is 18.5 Å². The van der Waals surface area contributed by atoms with Gasteiger partial charge in [-0.25, -0.2) is 4.79 Å². The van der Waals surface area contributed by atoms with Gasteiger partial charge < -0.3 is 20.5 Å². The van der Waals surface area contributed by atoms with Crippen molar-refractivity contribution in [2.45, 2.75) is 45.1 Å². The second-order valence-corrected chi connectivity index (χ2v) is 6.39. The van der Waals surface area contributed by atoms with Crippen molar-refractivity contribution in [2.75, 3.05) is 11.9 Å². The lowest BCUT2D eigenvalue weighted by Gasteiger charge is -2.26. The molecule has 0 bridgehead atoms. The van der Waals surface area contributed by atoms with E-state index in [1.165, 1.54) is 0 Å². The second-order valence-electron chi connectivity index (χ2n) is 5.98. The number of carbonyl (C=O) groups excluding carboxylic acids is 1. The minimum absolute atomic E-state index is 0.00299. The zero-order chi connectivity index (χ0) is 17.5. The van der Waals surface area contributed by atoms with Crippen LogP contribution in [0.2, 0.25) is 5.02 Å². The molecule has 0 unspecified atom stereocenters. The zero-order valence-electron chi connectivity index (χ0n) is 13.7. The molecule has 0 radical (unpaired) electrons. The molecule has 1 aliphatic carbocycles. The van der Waals surface area contributed by atoms with E-state index >= 15 is 0 Å². The van der Waals surface area contributed by atoms with E-state index in [9.17, 15) is 9.59 Å². The first-order valence-electron chi connectivity index (χ1n) is 8.22. The SMILES string of the molecule is CCCOc1ccc(NC(=O)NC2CCC(C(=O)O)CC2)cc1Cl. The summed E-state index contributed by atoms with van der Waals surface area (Å²) in [5.74, 6) is -0.449. The molecule has 1 aromatic carbocycles. The summed E-state index contributed by atoms with van der Waals surface area (Å²) < 4.78 is 5.49. The largest absolute Gasteiger partial charge is 0.492 e. The minimum Gasteiger partial charge on any atom is -0.492 e. The van der Waals surface area contributed by atoms with Crippen molar-refractivity contribution in [3.8, 4) is 5.75 Å². The number of amides is 2. The van der Waals surface area contributed by atoms with Gasteiger partial charge in [0.25, 0.3) is 0 Å². The smallest absolute Gasteiger partial charge is 0.319 e. The maximum Gasteiger partial charge on any atom is 0.319 e. The van der Waals surface area contributed by atoms with E-state index in [0.29, 0.717) is 48.7 Å². The molecule has 1 aromatic rings. The third-order valence-corrected chi connectivity index (χ3v) is 4.36. The molecule has 0 heterocycles. The van der Waals surface area contributed by atoms with Crippen LogP contribution in [0.1, 0.15) is 39.0 Å². The fourth-order valence-corrected chi connectivity index (χ4v) is 2.98. The number of hydrogen-bond acceptors (Lipinski definition) is 3. The number of carboxylic acid groups (broad SMARTS) is 1. The summed E-state index contributed by atoms with van der Waals surface area (Å²) in [6.45, 7) is 2.60. The third-order valence-electron chi connectivity index (χ3n) is 4.06. The molecule has 3 N–H and O–H groups in total. The summed E-state index contributed by atoms with van der Waals surface area (Å²) in [5.41, 5.74) is 0.584. The Morgan fingerprint density at radius 1 is 1.29 bits per heavy atom. The minimum atomic E-state index is -0.752. The van der Waals surface area contributed by atoms with Gasteiger partial charge in [-0.15, -0.1) is 0 Å². The topological polar surface area (TPSA) is 87.7 Å². The van der Waals surface area contributed by atoms with Gasteiger partial charge in [0, 0.05) is 11.7 Å². The van der Waals surface area contributed by atoms with Gasteiger partial charge in [0.2, 0.25) is 0 Å². The number of nitrogens with one attached hydrogen (secondary N) is 2. The van der Waals surface area contributed by atoms with Crippen LogP contribution < -0.4 is 15.4 Å². The lowest BCUT2D eigenvalue weighted by Crippen LogP contribution is -2.40. The molecule has 0 atom stereocenters. The number of carboxylic acids is 1. The van der Waals surface area contributed by atoms with Crippen molar-refractivity contribution in [1.82, 2.24) is 5.32 Å². The van der Waals surface area contributed by atoms with Crippen molar-refractivity contribution in [3.63, 3.8) is 0 Å². The lowest BCUT2D eigenvalue weighted by atomic mass is 9.86. The first kappa shape index (κ1) is 18.4. The highest BCUT2D eigenvalue weighted by atomic mass is 35.5. The summed E-state index contributed by atoms with van der Waals surface area (Å²) in [5, 5.41) is 15.0. The molecular weight excluding hydrogens is 332 g/mol. The highest BCUT2D eigenvalue weighted by Crippen LogP contribution is 2.28.